The number of amidine groups is 1. The molecule has 0 saturated carbocycles. The number of carbonyl (C=O) groups excluding carboxylic acids is 2. The van der Waals surface area contributed by atoms with Gasteiger partial charge in [-0.15, -0.1) is 0 Å². The molecule has 2 unspecified atom stereocenters. The first kappa shape index (κ1) is 28.0. The number of aromatic hydroxyl groups is 1. The van der Waals surface area contributed by atoms with E-state index in [-0.39, 0.29) is 45.2 Å². The number of nitrogens with zero attached hydrogens (tertiary/aromatic N) is 3. The fourth-order valence-electron chi connectivity index (χ4n) is 3.89. The number of anilines is 2. The Bertz CT molecular complexity index is 1580. The van der Waals surface area contributed by atoms with Crippen LogP contribution in [0.15, 0.2) is 36.7 Å². The smallest absolute Gasteiger partial charge is 0.338 e. The van der Waals surface area contributed by atoms with E-state index in [9.17, 15) is 19.8 Å². The third-order valence-corrected chi connectivity index (χ3v) is 7.24. The van der Waals surface area contributed by atoms with Gasteiger partial charge in [-0.2, -0.15) is 4.37 Å². The summed E-state index contributed by atoms with van der Waals surface area (Å²) in [5.74, 6) is -1.48. The van der Waals surface area contributed by atoms with Crippen LogP contribution < -0.4 is 10.6 Å². The van der Waals surface area contributed by atoms with Gasteiger partial charge in [0.15, 0.2) is 0 Å². The second kappa shape index (κ2) is 11.4. The van der Waals surface area contributed by atoms with Crippen molar-refractivity contribution in [3.63, 3.8) is 0 Å². The molecule has 0 aliphatic carbocycles. The lowest BCUT2D eigenvalue weighted by molar-refractivity contribution is 0.0526. The lowest BCUT2D eigenvalue weighted by Gasteiger charge is -2.18. The Hall–Kier alpha value is -4.00. The number of halogens is 1. The van der Waals surface area contributed by atoms with Crippen LogP contribution in [-0.2, 0) is 4.74 Å². The predicted octanol–water partition coefficient (Wildman–Crippen LogP) is 4.45. The van der Waals surface area contributed by atoms with Gasteiger partial charge in [-0.1, -0.05) is 17.7 Å². The number of aliphatic hydroxyl groups excluding tert-OH is 1. The quantitative estimate of drug-likeness (QED) is 0.117. The number of hydrogen-bond acceptors (Lipinski definition) is 10. The molecule has 0 saturated heterocycles. The summed E-state index contributed by atoms with van der Waals surface area (Å²) in [7, 11) is 0. The first-order valence-corrected chi connectivity index (χ1v) is 13.1. The van der Waals surface area contributed by atoms with Gasteiger partial charge in [0.25, 0.3) is 5.91 Å². The minimum atomic E-state index is -0.738. The second-order valence-electron chi connectivity index (χ2n) is 8.85. The van der Waals surface area contributed by atoms with Gasteiger partial charge in [-0.05, 0) is 57.4 Å². The molecule has 13 heteroatoms. The summed E-state index contributed by atoms with van der Waals surface area (Å²) in [5.41, 5.74) is 1.89. The van der Waals surface area contributed by atoms with Gasteiger partial charge in [-0.3, -0.25) is 19.8 Å². The van der Waals surface area contributed by atoms with Crippen LogP contribution in [0.3, 0.4) is 0 Å². The number of esters is 1. The summed E-state index contributed by atoms with van der Waals surface area (Å²) in [6.07, 6.45) is 2.02. The fraction of sp³-hybridized carbons (Fsp3) is 0.269. The molecule has 0 bridgehead atoms. The Labute approximate surface area is 233 Å². The van der Waals surface area contributed by atoms with E-state index in [4.69, 9.17) is 21.7 Å². The van der Waals surface area contributed by atoms with Crippen molar-refractivity contribution >= 4 is 62.4 Å². The van der Waals surface area contributed by atoms with E-state index >= 15 is 0 Å². The number of carbonyl (C=O) groups is 2. The topological polar surface area (TPSA) is 162 Å². The number of rotatable bonds is 8. The van der Waals surface area contributed by atoms with Crippen molar-refractivity contribution < 1.29 is 24.5 Å². The molecular formula is C26H27ClN6O5S. The zero-order valence-electron chi connectivity index (χ0n) is 21.6. The highest BCUT2D eigenvalue weighted by atomic mass is 35.5. The van der Waals surface area contributed by atoms with Crippen LogP contribution in [0, 0.1) is 12.3 Å². The second-order valence-corrected chi connectivity index (χ2v) is 10.0. The van der Waals surface area contributed by atoms with Crippen molar-refractivity contribution in [3.05, 3.63) is 64.1 Å². The molecule has 2 atom stereocenters. The summed E-state index contributed by atoms with van der Waals surface area (Å²) in [6, 6.07) is 6.35. The van der Waals surface area contributed by atoms with Crippen LogP contribution in [-0.4, -0.2) is 60.6 Å². The Balaban J connectivity index is 1.69. The van der Waals surface area contributed by atoms with Crippen molar-refractivity contribution in [2.24, 2.45) is 0 Å². The van der Waals surface area contributed by atoms with E-state index in [2.05, 4.69) is 20.0 Å². The third kappa shape index (κ3) is 5.58. The molecule has 0 radical (unpaired) electrons. The molecule has 0 aliphatic rings. The number of aryl methyl sites for hydroxylation is 1. The average molecular weight is 571 g/mol. The highest BCUT2D eigenvalue weighted by Gasteiger charge is 2.24. The molecule has 1 aromatic carbocycles. The van der Waals surface area contributed by atoms with Gasteiger partial charge in [0.2, 0.25) is 5.88 Å². The molecule has 4 aromatic rings. The van der Waals surface area contributed by atoms with E-state index in [1.54, 1.807) is 45.9 Å². The maximum Gasteiger partial charge on any atom is 0.338 e. The lowest BCUT2D eigenvalue weighted by Crippen LogP contribution is -2.39. The Morgan fingerprint density at radius 3 is 2.69 bits per heavy atom. The minimum absolute atomic E-state index is 0.0634. The monoisotopic (exact) mass is 570 g/mol. The number of aromatic nitrogens is 3. The van der Waals surface area contributed by atoms with Gasteiger partial charge in [0.05, 0.1) is 52.3 Å². The van der Waals surface area contributed by atoms with Crippen LogP contribution in [0.25, 0.3) is 10.9 Å². The number of nitrogens with one attached hydrogen (secondary N) is 3. The van der Waals surface area contributed by atoms with E-state index in [0.29, 0.717) is 16.8 Å². The highest BCUT2D eigenvalue weighted by molar-refractivity contribution is 7.11. The van der Waals surface area contributed by atoms with Crippen molar-refractivity contribution in [3.8, 4) is 5.88 Å². The molecule has 204 valence electrons. The molecule has 0 amide bonds. The largest absolute Gasteiger partial charge is 0.492 e. The first-order chi connectivity index (χ1) is 18.5. The summed E-state index contributed by atoms with van der Waals surface area (Å²) in [4.78, 5) is 30.2. The molecule has 0 fully saturated rings. The molecule has 5 N–H and O–H groups in total. The normalized spacial score (nSPS) is 12.7. The van der Waals surface area contributed by atoms with Crippen LogP contribution in [0.4, 0.5) is 10.7 Å². The van der Waals surface area contributed by atoms with E-state index < -0.39 is 24.0 Å². The van der Waals surface area contributed by atoms with E-state index in [1.807, 2.05) is 6.07 Å². The summed E-state index contributed by atoms with van der Waals surface area (Å²) in [5, 5.41) is 35.3. The Morgan fingerprint density at radius 1 is 1.26 bits per heavy atom. The number of ether oxygens (including phenoxy) is 1. The van der Waals surface area contributed by atoms with Gasteiger partial charge >= 0.3 is 5.97 Å². The number of aliphatic hydroxyl groups is 1. The molecule has 0 spiro atoms. The van der Waals surface area contributed by atoms with Gasteiger partial charge in [0, 0.05) is 17.3 Å². The van der Waals surface area contributed by atoms with Crippen LogP contribution in [0.2, 0.25) is 5.02 Å². The van der Waals surface area contributed by atoms with Crippen LogP contribution in [0.5, 0.6) is 5.88 Å². The van der Waals surface area contributed by atoms with Crippen molar-refractivity contribution in [2.75, 3.05) is 11.9 Å². The summed E-state index contributed by atoms with van der Waals surface area (Å²) >= 11 is 7.56. The van der Waals surface area contributed by atoms with Crippen LogP contribution in [0.1, 0.15) is 52.7 Å². The number of pyridine rings is 1. The molecule has 11 nitrogen and oxygen atoms in total. The van der Waals surface area contributed by atoms with Gasteiger partial charge in [-0.25, -0.2) is 4.79 Å². The first-order valence-electron chi connectivity index (χ1n) is 12.0. The molecule has 3 aromatic heterocycles. The molecule has 0 aliphatic heterocycles. The highest BCUT2D eigenvalue weighted by Crippen LogP contribution is 2.36. The number of fused-ring (bicyclic) bond motifs is 1. The average Bonchev–Trinajstić information content (AvgIpc) is 3.42. The molecule has 39 heavy (non-hydrogen) atoms. The van der Waals surface area contributed by atoms with E-state index in [0.717, 1.165) is 16.9 Å². The lowest BCUT2D eigenvalue weighted by atomic mass is 10.1. The number of hydrogen-bond donors (Lipinski definition) is 5. The Kier molecular flexibility index (Phi) is 8.19. The summed E-state index contributed by atoms with van der Waals surface area (Å²) in [6.45, 7) is 6.99. The van der Waals surface area contributed by atoms with Crippen molar-refractivity contribution in [1.29, 1.82) is 5.41 Å². The third-order valence-electron chi connectivity index (χ3n) is 6.08. The zero-order chi connectivity index (χ0) is 28.4. The SMILES string of the molecule is CCOC(=O)c1ccc2cc(C)n(C(=O)c3cncc(Nc4snc(O)c4C(=N)NC(C)C(C)O)c3Cl)c2c1. The number of benzene rings is 1. The standard InChI is InChI=1S/C26H27ClN6O5S/c1-5-38-26(37)16-7-6-15-8-12(2)33(19(15)9-16)25(36)17-10-29-11-18(21(17)27)31-24-20(23(35)32-39-24)22(28)30-13(3)14(4)34/h6-11,13-14,31,34H,5H2,1-4H3,(H2,28,30)(H,32,35). The minimum Gasteiger partial charge on any atom is -0.492 e. The van der Waals surface area contributed by atoms with Crippen LogP contribution >= 0.6 is 23.1 Å². The summed E-state index contributed by atoms with van der Waals surface area (Å²) < 4.78 is 10.5. The molecule has 3 heterocycles. The Morgan fingerprint density at radius 2 is 2.00 bits per heavy atom. The van der Waals surface area contributed by atoms with Gasteiger partial charge < -0.3 is 25.6 Å². The molecule has 4 rings (SSSR count). The van der Waals surface area contributed by atoms with E-state index in [1.165, 1.54) is 17.0 Å². The van der Waals surface area contributed by atoms with Crippen molar-refractivity contribution in [1.82, 2.24) is 19.2 Å². The zero-order valence-corrected chi connectivity index (χ0v) is 23.1. The van der Waals surface area contributed by atoms with Crippen molar-refractivity contribution in [2.45, 2.75) is 39.8 Å². The molecular weight excluding hydrogens is 544 g/mol. The maximum absolute atomic E-state index is 13.7. The fourth-order valence-corrected chi connectivity index (χ4v) is 4.82. The van der Waals surface area contributed by atoms with Gasteiger partial charge in [0.1, 0.15) is 16.4 Å². The predicted molar refractivity (Wildman–Crippen MR) is 150 cm³/mol. The maximum atomic E-state index is 13.7.